The fourth-order valence-corrected chi connectivity index (χ4v) is 1.73. The molecular weight excluding hydrogens is 114 g/mol. The largest absolute Gasteiger partial charge is 0.377 e. The smallest absolute Gasteiger partial charge is 0.0700 e. The Morgan fingerprint density at radius 1 is 1.56 bits per heavy atom. The standard InChI is InChI=1S/C7H13NO/c1-5-7-2-6(3-8-7)4-9-5/h5-8H,2-4H2,1H3. The molecular formula is C7H13NO. The zero-order valence-corrected chi connectivity index (χ0v) is 5.76. The molecule has 3 unspecified atom stereocenters. The fraction of sp³-hybridized carbons (Fsp3) is 1.00. The van der Waals surface area contributed by atoms with Crippen molar-refractivity contribution in [2.24, 2.45) is 5.92 Å². The second-order valence-electron chi connectivity index (χ2n) is 3.15. The van der Waals surface area contributed by atoms with Gasteiger partial charge in [0.1, 0.15) is 0 Å². The molecule has 2 aliphatic heterocycles. The molecule has 2 saturated heterocycles. The average Bonchev–Trinajstić information content (AvgIpc) is 2.25. The summed E-state index contributed by atoms with van der Waals surface area (Å²) in [5, 5.41) is 3.44. The van der Waals surface area contributed by atoms with E-state index in [1.165, 1.54) is 13.0 Å². The first-order valence-electron chi connectivity index (χ1n) is 3.71. The summed E-state index contributed by atoms with van der Waals surface area (Å²) in [6, 6.07) is 0.656. The van der Waals surface area contributed by atoms with Gasteiger partial charge in [0.15, 0.2) is 0 Å². The monoisotopic (exact) mass is 127 g/mol. The summed E-state index contributed by atoms with van der Waals surface area (Å²) in [4.78, 5) is 0. The molecule has 2 fully saturated rings. The molecule has 9 heavy (non-hydrogen) atoms. The van der Waals surface area contributed by atoms with Gasteiger partial charge < -0.3 is 10.1 Å². The summed E-state index contributed by atoms with van der Waals surface area (Å²) >= 11 is 0. The van der Waals surface area contributed by atoms with Gasteiger partial charge in [0.2, 0.25) is 0 Å². The van der Waals surface area contributed by atoms with Crippen LogP contribution in [0.25, 0.3) is 0 Å². The highest BCUT2D eigenvalue weighted by Gasteiger charge is 2.33. The molecule has 1 N–H and O–H groups in total. The maximum atomic E-state index is 5.50. The van der Waals surface area contributed by atoms with Gasteiger partial charge in [-0.15, -0.1) is 0 Å². The van der Waals surface area contributed by atoms with Gasteiger partial charge in [-0.2, -0.15) is 0 Å². The van der Waals surface area contributed by atoms with Crippen LogP contribution in [0.15, 0.2) is 0 Å². The van der Waals surface area contributed by atoms with Crippen molar-refractivity contribution >= 4 is 0 Å². The van der Waals surface area contributed by atoms with Crippen molar-refractivity contribution < 1.29 is 4.74 Å². The topological polar surface area (TPSA) is 21.3 Å². The Balaban J connectivity index is 2.05. The number of ether oxygens (including phenoxy) is 1. The van der Waals surface area contributed by atoms with Gasteiger partial charge >= 0.3 is 0 Å². The Morgan fingerprint density at radius 2 is 2.44 bits per heavy atom. The van der Waals surface area contributed by atoms with Crippen molar-refractivity contribution in [3.63, 3.8) is 0 Å². The van der Waals surface area contributed by atoms with E-state index in [0.29, 0.717) is 12.1 Å². The predicted molar refractivity (Wildman–Crippen MR) is 35.3 cm³/mol. The van der Waals surface area contributed by atoms with Crippen molar-refractivity contribution in [1.29, 1.82) is 0 Å². The van der Waals surface area contributed by atoms with E-state index in [4.69, 9.17) is 4.74 Å². The van der Waals surface area contributed by atoms with Gasteiger partial charge in [0.25, 0.3) is 0 Å². The summed E-state index contributed by atoms with van der Waals surface area (Å²) in [6.45, 7) is 4.30. The van der Waals surface area contributed by atoms with E-state index in [9.17, 15) is 0 Å². The molecule has 2 heteroatoms. The van der Waals surface area contributed by atoms with E-state index in [-0.39, 0.29) is 0 Å². The molecule has 0 radical (unpaired) electrons. The highest BCUT2D eigenvalue weighted by molar-refractivity contribution is 4.89. The highest BCUT2D eigenvalue weighted by atomic mass is 16.5. The minimum atomic E-state index is 0.448. The lowest BCUT2D eigenvalue weighted by Gasteiger charge is -2.25. The summed E-state index contributed by atoms with van der Waals surface area (Å²) in [5.74, 6) is 0.811. The van der Waals surface area contributed by atoms with Crippen molar-refractivity contribution in [3.8, 4) is 0 Å². The van der Waals surface area contributed by atoms with E-state index in [1.807, 2.05) is 0 Å². The lowest BCUT2D eigenvalue weighted by molar-refractivity contribution is 0.00376. The van der Waals surface area contributed by atoms with Crippen LogP contribution in [0.3, 0.4) is 0 Å². The Bertz CT molecular complexity index is 115. The molecule has 2 rings (SSSR count). The normalized spacial score (nSPS) is 49.7. The number of hydrogen-bond acceptors (Lipinski definition) is 2. The van der Waals surface area contributed by atoms with Crippen molar-refractivity contribution in [2.75, 3.05) is 13.2 Å². The summed E-state index contributed by atoms with van der Waals surface area (Å²) in [5.41, 5.74) is 0. The van der Waals surface area contributed by atoms with Gasteiger partial charge in [0.05, 0.1) is 12.7 Å². The van der Waals surface area contributed by atoms with Gasteiger partial charge in [-0.05, 0) is 19.3 Å². The number of rotatable bonds is 0. The molecule has 0 aromatic heterocycles. The second-order valence-corrected chi connectivity index (χ2v) is 3.15. The molecule has 2 bridgehead atoms. The van der Waals surface area contributed by atoms with Crippen LogP contribution in [0.4, 0.5) is 0 Å². The molecule has 0 saturated carbocycles. The molecule has 0 amide bonds. The van der Waals surface area contributed by atoms with Crippen molar-refractivity contribution in [3.05, 3.63) is 0 Å². The zero-order chi connectivity index (χ0) is 6.27. The van der Waals surface area contributed by atoms with Crippen LogP contribution in [0.1, 0.15) is 13.3 Å². The van der Waals surface area contributed by atoms with Gasteiger partial charge in [-0.3, -0.25) is 0 Å². The lowest BCUT2D eigenvalue weighted by atomic mass is 10.0. The maximum Gasteiger partial charge on any atom is 0.0700 e. The third kappa shape index (κ3) is 0.864. The highest BCUT2D eigenvalue weighted by Crippen LogP contribution is 2.23. The second kappa shape index (κ2) is 1.96. The first-order chi connectivity index (χ1) is 4.36. The fourth-order valence-electron chi connectivity index (χ4n) is 1.73. The van der Waals surface area contributed by atoms with Crippen LogP contribution in [-0.2, 0) is 4.74 Å². The van der Waals surface area contributed by atoms with Crippen molar-refractivity contribution in [1.82, 2.24) is 5.32 Å². The van der Waals surface area contributed by atoms with Gasteiger partial charge in [0, 0.05) is 12.6 Å². The average molecular weight is 127 g/mol. The number of hydrogen-bond donors (Lipinski definition) is 1. The lowest BCUT2D eigenvalue weighted by Crippen LogP contribution is -2.35. The van der Waals surface area contributed by atoms with Gasteiger partial charge in [-0.25, -0.2) is 0 Å². The third-order valence-corrected chi connectivity index (χ3v) is 2.42. The van der Waals surface area contributed by atoms with Crippen LogP contribution in [0, 0.1) is 5.92 Å². The number of fused-ring (bicyclic) bond motifs is 2. The Hall–Kier alpha value is -0.0800. The van der Waals surface area contributed by atoms with Gasteiger partial charge in [-0.1, -0.05) is 0 Å². The SMILES string of the molecule is CC1OCC2CNC1C2. The predicted octanol–water partition coefficient (Wildman–Crippen LogP) is 0.383. The third-order valence-electron chi connectivity index (χ3n) is 2.42. The molecule has 52 valence electrons. The minimum Gasteiger partial charge on any atom is -0.377 e. The molecule has 3 atom stereocenters. The van der Waals surface area contributed by atoms with E-state index >= 15 is 0 Å². The Labute approximate surface area is 55.6 Å². The summed E-state index contributed by atoms with van der Waals surface area (Å²) in [6.07, 6.45) is 1.78. The van der Waals surface area contributed by atoms with Crippen molar-refractivity contribution in [2.45, 2.75) is 25.5 Å². The molecule has 0 spiro atoms. The molecule has 2 heterocycles. The number of nitrogens with one attached hydrogen (secondary N) is 1. The molecule has 0 aromatic rings. The molecule has 2 aliphatic rings. The zero-order valence-electron chi connectivity index (χ0n) is 5.76. The van der Waals surface area contributed by atoms with Crippen LogP contribution < -0.4 is 5.32 Å². The molecule has 0 aliphatic carbocycles. The van der Waals surface area contributed by atoms with Crippen LogP contribution in [0.5, 0.6) is 0 Å². The maximum absolute atomic E-state index is 5.50. The summed E-state index contributed by atoms with van der Waals surface area (Å²) in [7, 11) is 0. The van der Waals surface area contributed by atoms with E-state index in [1.54, 1.807) is 0 Å². The van der Waals surface area contributed by atoms with E-state index in [2.05, 4.69) is 12.2 Å². The van der Waals surface area contributed by atoms with Crippen LogP contribution >= 0.6 is 0 Å². The van der Waals surface area contributed by atoms with Crippen LogP contribution in [-0.4, -0.2) is 25.3 Å². The summed E-state index contributed by atoms with van der Waals surface area (Å²) < 4.78 is 5.50. The quantitative estimate of drug-likeness (QED) is 0.508. The molecule has 2 nitrogen and oxygen atoms in total. The molecule has 0 aromatic carbocycles. The minimum absolute atomic E-state index is 0.448. The van der Waals surface area contributed by atoms with Crippen LogP contribution in [0.2, 0.25) is 0 Å². The Kier molecular flexibility index (Phi) is 1.24. The first kappa shape index (κ1) is 5.69. The van der Waals surface area contributed by atoms with E-state index in [0.717, 1.165) is 12.5 Å². The Morgan fingerprint density at radius 3 is 3.22 bits per heavy atom. The first-order valence-corrected chi connectivity index (χ1v) is 3.71. The van der Waals surface area contributed by atoms with E-state index < -0.39 is 0 Å².